The van der Waals surface area contributed by atoms with E-state index in [2.05, 4.69) is 6.08 Å². The zero-order valence-corrected chi connectivity index (χ0v) is 11.7. The van der Waals surface area contributed by atoms with Crippen LogP contribution in [0.1, 0.15) is 49.5 Å². The first-order valence-electron chi connectivity index (χ1n) is 7.22. The van der Waals surface area contributed by atoms with Crippen molar-refractivity contribution in [3.63, 3.8) is 0 Å². The quantitative estimate of drug-likeness (QED) is 0.798. The summed E-state index contributed by atoms with van der Waals surface area (Å²) in [6, 6.07) is 4.47. The monoisotopic (exact) mass is 274 g/mol. The van der Waals surface area contributed by atoms with E-state index in [4.69, 9.17) is 4.42 Å². The van der Waals surface area contributed by atoms with Crippen molar-refractivity contribution in [3.8, 4) is 0 Å². The van der Waals surface area contributed by atoms with Crippen molar-refractivity contribution in [2.45, 2.75) is 45.1 Å². The third-order valence-electron chi connectivity index (χ3n) is 4.11. The number of fused-ring (bicyclic) bond motifs is 1. The van der Waals surface area contributed by atoms with Gasteiger partial charge in [0.15, 0.2) is 0 Å². The number of aliphatic hydroxyl groups is 1. The van der Waals surface area contributed by atoms with E-state index in [1.54, 1.807) is 6.07 Å². The predicted octanol–water partition coefficient (Wildman–Crippen LogP) is 4.80. The van der Waals surface area contributed by atoms with Crippen molar-refractivity contribution < 1.29 is 13.9 Å². The Morgan fingerprint density at radius 1 is 1.25 bits per heavy atom. The molecule has 3 heteroatoms. The van der Waals surface area contributed by atoms with Crippen LogP contribution in [0.15, 0.2) is 34.3 Å². The maximum absolute atomic E-state index is 13.3. The van der Waals surface area contributed by atoms with Crippen molar-refractivity contribution in [2.24, 2.45) is 0 Å². The van der Waals surface area contributed by atoms with Crippen LogP contribution in [-0.4, -0.2) is 5.11 Å². The Morgan fingerprint density at radius 2 is 2.10 bits per heavy atom. The highest BCUT2D eigenvalue weighted by Gasteiger charge is 2.22. The lowest BCUT2D eigenvalue weighted by atomic mass is 9.99. The molecule has 0 amide bonds. The molecule has 3 rings (SSSR count). The van der Waals surface area contributed by atoms with Crippen LogP contribution < -0.4 is 0 Å². The van der Waals surface area contributed by atoms with E-state index >= 15 is 0 Å². The normalized spacial score (nSPS) is 17.9. The van der Waals surface area contributed by atoms with Gasteiger partial charge < -0.3 is 9.52 Å². The molecule has 2 nitrogen and oxygen atoms in total. The third kappa shape index (κ3) is 2.38. The van der Waals surface area contributed by atoms with Crippen LogP contribution in [0.4, 0.5) is 4.39 Å². The average Bonchev–Trinajstić information content (AvgIpc) is 2.66. The molecule has 106 valence electrons. The standard InChI is InChI=1S/C17H19FO2/c1-11-14-10-13(18)8-9-15(14)20-17(11)16(19)12-6-4-2-3-5-7-12/h6,8-10,16,19H,2-5,7H2,1H3. The largest absolute Gasteiger partial charge is 0.458 e. The number of aryl methyl sites for hydroxylation is 1. The first-order chi connectivity index (χ1) is 9.66. The lowest BCUT2D eigenvalue weighted by molar-refractivity contribution is 0.182. The molecule has 1 aromatic carbocycles. The Morgan fingerprint density at radius 3 is 2.95 bits per heavy atom. The molecule has 0 saturated carbocycles. The predicted molar refractivity (Wildman–Crippen MR) is 77.0 cm³/mol. The van der Waals surface area contributed by atoms with Gasteiger partial charge in [0.2, 0.25) is 0 Å². The Kier molecular flexibility index (Phi) is 3.62. The fourth-order valence-electron chi connectivity index (χ4n) is 2.93. The summed E-state index contributed by atoms with van der Waals surface area (Å²) in [5.74, 6) is 0.273. The highest BCUT2D eigenvalue weighted by atomic mass is 19.1. The molecule has 1 aliphatic rings. The summed E-state index contributed by atoms with van der Waals surface area (Å²) in [6.07, 6.45) is 6.84. The molecular formula is C17H19FO2. The lowest BCUT2D eigenvalue weighted by Crippen LogP contribution is -2.01. The first kappa shape index (κ1) is 13.4. The van der Waals surface area contributed by atoms with E-state index in [0.717, 1.165) is 35.8 Å². The van der Waals surface area contributed by atoms with E-state index in [-0.39, 0.29) is 5.82 Å². The van der Waals surface area contributed by atoms with Crippen LogP contribution in [0.2, 0.25) is 0 Å². The summed E-state index contributed by atoms with van der Waals surface area (Å²) in [5.41, 5.74) is 2.49. The van der Waals surface area contributed by atoms with Gasteiger partial charge in [-0.25, -0.2) is 4.39 Å². The molecular weight excluding hydrogens is 255 g/mol. The minimum atomic E-state index is -0.705. The molecule has 0 fully saturated rings. The third-order valence-corrected chi connectivity index (χ3v) is 4.11. The molecule has 0 spiro atoms. The Bertz CT molecular complexity index is 654. The van der Waals surface area contributed by atoms with E-state index in [0.29, 0.717) is 11.3 Å². The Balaban J connectivity index is 2.00. The van der Waals surface area contributed by atoms with Gasteiger partial charge in [0.25, 0.3) is 0 Å². The van der Waals surface area contributed by atoms with Crippen molar-refractivity contribution in [1.82, 2.24) is 0 Å². The number of allylic oxidation sites excluding steroid dienone is 1. The summed E-state index contributed by atoms with van der Waals surface area (Å²) in [7, 11) is 0. The Hall–Kier alpha value is -1.61. The molecule has 0 radical (unpaired) electrons. The van der Waals surface area contributed by atoms with Gasteiger partial charge in [0.05, 0.1) is 0 Å². The van der Waals surface area contributed by atoms with Crippen LogP contribution >= 0.6 is 0 Å². The summed E-state index contributed by atoms with van der Waals surface area (Å²) < 4.78 is 19.1. The highest BCUT2D eigenvalue weighted by Crippen LogP contribution is 2.35. The second-order valence-corrected chi connectivity index (χ2v) is 5.51. The fourth-order valence-corrected chi connectivity index (χ4v) is 2.93. The van der Waals surface area contributed by atoms with Gasteiger partial charge in [-0.2, -0.15) is 0 Å². The first-order valence-corrected chi connectivity index (χ1v) is 7.22. The number of hydrogen-bond donors (Lipinski definition) is 1. The van der Waals surface area contributed by atoms with E-state index < -0.39 is 6.10 Å². The molecule has 1 atom stereocenters. The van der Waals surface area contributed by atoms with Crippen molar-refractivity contribution in [2.75, 3.05) is 0 Å². The van der Waals surface area contributed by atoms with Gasteiger partial charge in [-0.05, 0) is 56.4 Å². The van der Waals surface area contributed by atoms with Crippen molar-refractivity contribution in [3.05, 3.63) is 47.0 Å². The van der Waals surface area contributed by atoms with Gasteiger partial charge in [-0.15, -0.1) is 0 Å². The van der Waals surface area contributed by atoms with E-state index in [1.165, 1.54) is 25.0 Å². The van der Waals surface area contributed by atoms with Crippen LogP contribution in [0.25, 0.3) is 11.0 Å². The molecule has 1 aromatic heterocycles. The van der Waals surface area contributed by atoms with E-state index in [1.807, 2.05) is 6.92 Å². The van der Waals surface area contributed by atoms with E-state index in [9.17, 15) is 9.50 Å². The Labute approximate surface area is 117 Å². The molecule has 2 aromatic rings. The number of halogens is 1. The fraction of sp³-hybridized carbons (Fsp3) is 0.412. The highest BCUT2D eigenvalue weighted by molar-refractivity contribution is 5.82. The van der Waals surface area contributed by atoms with Gasteiger partial charge >= 0.3 is 0 Å². The zero-order chi connectivity index (χ0) is 14.1. The number of benzene rings is 1. The number of rotatable bonds is 2. The second kappa shape index (κ2) is 5.41. The van der Waals surface area contributed by atoms with Crippen LogP contribution in [0.5, 0.6) is 0 Å². The van der Waals surface area contributed by atoms with Crippen molar-refractivity contribution >= 4 is 11.0 Å². The molecule has 0 bridgehead atoms. The maximum atomic E-state index is 13.3. The van der Waals surface area contributed by atoms with Gasteiger partial charge in [-0.1, -0.05) is 12.5 Å². The van der Waals surface area contributed by atoms with Crippen molar-refractivity contribution in [1.29, 1.82) is 0 Å². The van der Waals surface area contributed by atoms with Gasteiger partial charge in [0.1, 0.15) is 23.3 Å². The number of furan rings is 1. The molecule has 0 aliphatic heterocycles. The van der Waals surface area contributed by atoms with Gasteiger partial charge in [-0.3, -0.25) is 0 Å². The summed E-state index contributed by atoms with van der Waals surface area (Å²) in [5, 5.41) is 11.3. The minimum Gasteiger partial charge on any atom is -0.458 e. The summed E-state index contributed by atoms with van der Waals surface area (Å²) in [6.45, 7) is 1.88. The smallest absolute Gasteiger partial charge is 0.140 e. The number of hydrogen-bond acceptors (Lipinski definition) is 2. The molecule has 1 unspecified atom stereocenters. The zero-order valence-electron chi connectivity index (χ0n) is 11.7. The number of aliphatic hydroxyl groups excluding tert-OH is 1. The summed E-state index contributed by atoms with van der Waals surface area (Å²) in [4.78, 5) is 0. The molecule has 1 aliphatic carbocycles. The van der Waals surface area contributed by atoms with Crippen LogP contribution in [0.3, 0.4) is 0 Å². The van der Waals surface area contributed by atoms with Crippen LogP contribution in [0, 0.1) is 12.7 Å². The van der Waals surface area contributed by atoms with Gasteiger partial charge in [0, 0.05) is 10.9 Å². The molecule has 20 heavy (non-hydrogen) atoms. The van der Waals surface area contributed by atoms with Crippen LogP contribution in [-0.2, 0) is 0 Å². The molecule has 0 saturated heterocycles. The molecule has 1 N–H and O–H groups in total. The summed E-state index contributed by atoms with van der Waals surface area (Å²) >= 11 is 0. The average molecular weight is 274 g/mol. The minimum absolute atomic E-state index is 0.281. The maximum Gasteiger partial charge on any atom is 0.140 e. The second-order valence-electron chi connectivity index (χ2n) is 5.51. The topological polar surface area (TPSA) is 33.4 Å². The molecule has 1 heterocycles. The lowest BCUT2D eigenvalue weighted by Gasteiger charge is -2.12. The SMILES string of the molecule is Cc1c(C(O)C2=CCCCCC2)oc2ccc(F)cc12.